The molecule has 2 aromatic carbocycles. The number of aryl methyl sites for hydroxylation is 1. The van der Waals surface area contributed by atoms with Crippen molar-refractivity contribution in [3.8, 4) is 5.75 Å². The monoisotopic (exact) mass is 567 g/mol. The largest absolute Gasteiger partial charge is 0.482 e. The van der Waals surface area contributed by atoms with Gasteiger partial charge in [0.05, 0.1) is 24.2 Å². The van der Waals surface area contributed by atoms with Crippen molar-refractivity contribution in [2.24, 2.45) is 0 Å². The molecule has 0 atom stereocenters. The summed E-state index contributed by atoms with van der Waals surface area (Å²) >= 11 is 5.96. The van der Waals surface area contributed by atoms with Crippen LogP contribution in [0.5, 0.6) is 5.75 Å². The van der Waals surface area contributed by atoms with E-state index in [1.54, 1.807) is 25.0 Å². The highest BCUT2D eigenvalue weighted by atomic mass is 35.5. The molecular weight excluding hydrogens is 534 g/mol. The van der Waals surface area contributed by atoms with E-state index in [9.17, 15) is 9.59 Å². The Kier molecular flexibility index (Phi) is 10.2. The fourth-order valence-electron chi connectivity index (χ4n) is 4.63. The van der Waals surface area contributed by atoms with Crippen molar-refractivity contribution in [2.75, 3.05) is 45.1 Å². The first-order chi connectivity index (χ1) is 19.4. The van der Waals surface area contributed by atoms with Gasteiger partial charge in [0.2, 0.25) is 5.91 Å². The lowest BCUT2D eigenvalue weighted by atomic mass is 10.1. The number of hydrogen-bond acceptors (Lipinski definition) is 8. The van der Waals surface area contributed by atoms with Gasteiger partial charge in [-0.1, -0.05) is 30.3 Å². The third kappa shape index (κ3) is 7.00. The van der Waals surface area contributed by atoms with E-state index in [0.29, 0.717) is 62.8 Å². The first kappa shape index (κ1) is 29.1. The number of nitrogens with two attached hydrogens (primary N) is 1. The molecule has 0 radical (unpaired) electrons. The molecule has 11 heteroatoms. The number of imidazole rings is 1. The van der Waals surface area contributed by atoms with Crippen LogP contribution in [0.25, 0.3) is 21.9 Å². The molecule has 0 aliphatic carbocycles. The average molecular weight is 568 g/mol. The Morgan fingerprint density at radius 1 is 1.12 bits per heavy atom. The summed E-state index contributed by atoms with van der Waals surface area (Å²) in [6.07, 6.45) is 1.27. The van der Waals surface area contributed by atoms with E-state index in [4.69, 9.17) is 36.5 Å². The van der Waals surface area contributed by atoms with Gasteiger partial charge in [0, 0.05) is 38.6 Å². The summed E-state index contributed by atoms with van der Waals surface area (Å²) in [5.74, 6) is 1.02. The molecule has 2 N–H and O–H groups in total. The van der Waals surface area contributed by atoms with Crippen LogP contribution < -0.4 is 10.5 Å². The minimum absolute atomic E-state index is 0.126. The number of aromatic nitrogens is 3. The second-order valence-electron chi connectivity index (χ2n) is 9.18. The number of alkyl halides is 1. The van der Waals surface area contributed by atoms with Gasteiger partial charge in [0.25, 0.3) is 0 Å². The van der Waals surface area contributed by atoms with Crippen molar-refractivity contribution in [3.05, 3.63) is 59.9 Å². The van der Waals surface area contributed by atoms with Crippen LogP contribution in [0.15, 0.2) is 48.5 Å². The van der Waals surface area contributed by atoms with Crippen LogP contribution in [0, 0.1) is 0 Å². The summed E-state index contributed by atoms with van der Waals surface area (Å²) in [4.78, 5) is 35.5. The lowest BCUT2D eigenvalue weighted by Gasteiger charge is -2.23. The number of fused-ring (bicyclic) bond motifs is 3. The number of carbonyl (C=O) groups is 2. The lowest BCUT2D eigenvalue weighted by Crippen LogP contribution is -2.33. The minimum Gasteiger partial charge on any atom is -0.482 e. The van der Waals surface area contributed by atoms with Crippen molar-refractivity contribution >= 4 is 51.2 Å². The van der Waals surface area contributed by atoms with Crippen LogP contribution in [0.3, 0.4) is 0 Å². The van der Waals surface area contributed by atoms with Crippen molar-refractivity contribution < 1.29 is 23.8 Å². The number of amides is 1. The van der Waals surface area contributed by atoms with Gasteiger partial charge in [-0.2, -0.15) is 0 Å². The fraction of sp³-hybridized carbons (Fsp3) is 0.379. The Balaban J connectivity index is 1.52. The van der Waals surface area contributed by atoms with Gasteiger partial charge >= 0.3 is 5.97 Å². The van der Waals surface area contributed by atoms with Gasteiger partial charge in [0.1, 0.15) is 23.0 Å². The molecule has 2 aromatic heterocycles. The van der Waals surface area contributed by atoms with Gasteiger partial charge in [-0.25, -0.2) is 14.8 Å². The lowest BCUT2D eigenvalue weighted by molar-refractivity contribution is -0.145. The summed E-state index contributed by atoms with van der Waals surface area (Å²) in [5.41, 5.74) is 9.55. The molecule has 0 saturated carbocycles. The SMILES string of the molecule is CCOC(=O)COc1cccc(CN(CCCn2c(CCOC)nc3c(N)nc4ccccc4c32)C(=O)CCl)c1. The number of benzene rings is 2. The standard InChI is InChI=1S/C29H34ClN5O5/c1-3-39-26(37)19-40-21-9-6-8-20(16-21)18-34(25(36)17-30)13-7-14-35-24(12-15-38-2)33-27-28(35)22-10-4-5-11-23(22)32-29(27)31/h4-6,8-11,16H,3,7,12-15,17-19H2,1-2H3,(H2,31,32). The molecule has 212 valence electrons. The van der Waals surface area contributed by atoms with E-state index in [0.717, 1.165) is 27.8 Å². The van der Waals surface area contributed by atoms with Gasteiger partial charge in [-0.3, -0.25) is 4.79 Å². The van der Waals surface area contributed by atoms with E-state index < -0.39 is 5.97 Å². The van der Waals surface area contributed by atoms with Crippen LogP contribution in [0.1, 0.15) is 24.7 Å². The maximum atomic E-state index is 12.8. The highest BCUT2D eigenvalue weighted by molar-refractivity contribution is 6.27. The van der Waals surface area contributed by atoms with Crippen molar-refractivity contribution in [1.82, 2.24) is 19.4 Å². The normalized spacial score (nSPS) is 11.2. The number of hydrogen-bond donors (Lipinski definition) is 1. The van der Waals surface area contributed by atoms with Gasteiger partial charge in [-0.05, 0) is 37.1 Å². The number of esters is 1. The first-order valence-electron chi connectivity index (χ1n) is 13.2. The van der Waals surface area contributed by atoms with Gasteiger partial charge < -0.3 is 29.4 Å². The number of anilines is 1. The number of ether oxygens (including phenoxy) is 3. The highest BCUT2D eigenvalue weighted by Crippen LogP contribution is 2.29. The fourth-order valence-corrected chi connectivity index (χ4v) is 4.79. The molecule has 2 heterocycles. The van der Waals surface area contributed by atoms with E-state index >= 15 is 0 Å². The van der Waals surface area contributed by atoms with Crippen LogP contribution in [0.4, 0.5) is 5.82 Å². The maximum Gasteiger partial charge on any atom is 0.344 e. The van der Waals surface area contributed by atoms with E-state index in [1.165, 1.54) is 0 Å². The van der Waals surface area contributed by atoms with Crippen LogP contribution >= 0.6 is 11.6 Å². The molecule has 0 saturated heterocycles. The molecular formula is C29H34ClN5O5. The van der Waals surface area contributed by atoms with Crippen LogP contribution in [0.2, 0.25) is 0 Å². The topological polar surface area (TPSA) is 122 Å². The number of nitrogens with zero attached hydrogens (tertiary/aromatic N) is 4. The molecule has 4 aromatic rings. The molecule has 0 fully saturated rings. The zero-order valence-corrected chi connectivity index (χ0v) is 23.5. The summed E-state index contributed by atoms with van der Waals surface area (Å²) < 4.78 is 17.9. The number of nitrogen functional groups attached to an aromatic ring is 1. The number of para-hydroxylation sites is 1. The summed E-state index contributed by atoms with van der Waals surface area (Å²) in [5, 5.41) is 0.969. The first-order valence-corrected chi connectivity index (χ1v) is 13.7. The Bertz CT molecular complexity index is 1470. The van der Waals surface area contributed by atoms with Crippen LogP contribution in [-0.4, -0.2) is 70.7 Å². The number of rotatable bonds is 14. The van der Waals surface area contributed by atoms with Gasteiger partial charge in [0.15, 0.2) is 12.4 Å². The number of methoxy groups -OCH3 is 1. The molecule has 0 aliphatic rings. The highest BCUT2D eigenvalue weighted by Gasteiger charge is 2.19. The van der Waals surface area contributed by atoms with E-state index in [2.05, 4.69) is 9.55 Å². The predicted molar refractivity (Wildman–Crippen MR) is 154 cm³/mol. The van der Waals surface area contributed by atoms with E-state index in [-0.39, 0.29) is 18.4 Å². The molecule has 1 amide bonds. The minimum atomic E-state index is -0.436. The zero-order valence-electron chi connectivity index (χ0n) is 22.8. The zero-order chi connectivity index (χ0) is 28.5. The Hall–Kier alpha value is -3.89. The molecule has 0 spiro atoms. The number of carbonyl (C=O) groups excluding carboxylic acids is 2. The Labute approximate surface area is 238 Å². The third-order valence-electron chi connectivity index (χ3n) is 6.43. The molecule has 0 bridgehead atoms. The summed E-state index contributed by atoms with van der Waals surface area (Å²) in [7, 11) is 1.66. The molecule has 40 heavy (non-hydrogen) atoms. The second kappa shape index (κ2) is 14.0. The quantitative estimate of drug-likeness (QED) is 0.179. The van der Waals surface area contributed by atoms with Crippen molar-refractivity contribution in [3.63, 3.8) is 0 Å². The molecule has 0 aliphatic heterocycles. The van der Waals surface area contributed by atoms with Gasteiger partial charge in [-0.15, -0.1) is 11.6 Å². The summed E-state index contributed by atoms with van der Waals surface area (Å²) in [6.45, 7) is 3.80. The molecule has 10 nitrogen and oxygen atoms in total. The number of pyridine rings is 1. The van der Waals surface area contributed by atoms with Crippen molar-refractivity contribution in [1.29, 1.82) is 0 Å². The third-order valence-corrected chi connectivity index (χ3v) is 6.66. The second-order valence-corrected chi connectivity index (χ2v) is 9.44. The van der Waals surface area contributed by atoms with Crippen LogP contribution in [-0.2, 0) is 38.6 Å². The average Bonchev–Trinajstić information content (AvgIpc) is 3.33. The predicted octanol–water partition coefficient (Wildman–Crippen LogP) is 3.96. The molecule has 4 rings (SSSR count). The van der Waals surface area contributed by atoms with Crippen molar-refractivity contribution in [2.45, 2.75) is 32.9 Å². The van der Waals surface area contributed by atoms with E-state index in [1.807, 2.05) is 42.5 Å². The molecule has 0 unspecified atom stereocenters. The number of halogens is 1. The Morgan fingerprint density at radius 3 is 2.73 bits per heavy atom. The Morgan fingerprint density at radius 2 is 1.95 bits per heavy atom. The maximum absolute atomic E-state index is 12.8. The smallest absolute Gasteiger partial charge is 0.344 e. The summed E-state index contributed by atoms with van der Waals surface area (Å²) in [6, 6.07) is 15.1.